The zero-order valence-corrected chi connectivity index (χ0v) is 20.5. The van der Waals surface area contributed by atoms with Crippen molar-refractivity contribution in [1.29, 1.82) is 0 Å². The van der Waals surface area contributed by atoms with Gasteiger partial charge in [-0.05, 0) is 31.3 Å². The van der Waals surface area contributed by atoms with Gasteiger partial charge in [-0.2, -0.15) is 0 Å². The highest BCUT2D eigenvalue weighted by molar-refractivity contribution is 9.10. The first-order valence-corrected chi connectivity index (χ1v) is 12.7. The zero-order chi connectivity index (χ0) is 22.0. The predicted molar refractivity (Wildman–Crippen MR) is 140 cm³/mol. The van der Waals surface area contributed by atoms with E-state index in [1.807, 2.05) is 24.4 Å². The van der Waals surface area contributed by atoms with E-state index in [0.717, 1.165) is 75.6 Å². The molecule has 164 valence electrons. The molecule has 1 N–H and O–H groups in total. The molecule has 2 aliphatic rings. The van der Waals surface area contributed by atoms with Crippen molar-refractivity contribution >= 4 is 55.0 Å². The van der Waals surface area contributed by atoms with Crippen LogP contribution in [0.4, 0.5) is 5.69 Å². The lowest BCUT2D eigenvalue weighted by atomic mass is 9.99. The number of aromatic nitrogens is 1. The molecule has 5 rings (SSSR count). The minimum atomic E-state index is -0.285. The van der Waals surface area contributed by atoms with Crippen LogP contribution in [0, 0.1) is 0 Å². The van der Waals surface area contributed by atoms with Crippen molar-refractivity contribution < 1.29 is 0 Å². The highest BCUT2D eigenvalue weighted by Crippen LogP contribution is 2.35. The van der Waals surface area contributed by atoms with Gasteiger partial charge in [-0.1, -0.05) is 46.3 Å². The van der Waals surface area contributed by atoms with Crippen molar-refractivity contribution in [2.75, 3.05) is 37.8 Å². The van der Waals surface area contributed by atoms with Gasteiger partial charge >= 0.3 is 0 Å². The van der Waals surface area contributed by atoms with E-state index in [-0.39, 0.29) is 5.66 Å². The van der Waals surface area contributed by atoms with Gasteiger partial charge in [-0.25, -0.2) is 4.99 Å². The maximum Gasteiger partial charge on any atom is 0.154 e. The minimum absolute atomic E-state index is 0.285. The first-order chi connectivity index (χ1) is 15.6. The van der Waals surface area contributed by atoms with Gasteiger partial charge < -0.3 is 10.2 Å². The summed E-state index contributed by atoms with van der Waals surface area (Å²) >= 11 is 5.33. The molecule has 1 aromatic heterocycles. The van der Waals surface area contributed by atoms with Crippen molar-refractivity contribution in [3.8, 4) is 0 Å². The number of fused-ring (bicyclic) bond motifs is 1. The van der Waals surface area contributed by atoms with E-state index in [1.165, 1.54) is 0 Å². The highest BCUT2D eigenvalue weighted by atomic mass is 79.9. The van der Waals surface area contributed by atoms with Crippen LogP contribution in [-0.4, -0.2) is 58.7 Å². The third kappa shape index (κ3) is 4.75. The topological polar surface area (TPSA) is 52.9 Å². The number of pyridine rings is 1. The Labute approximate surface area is 201 Å². The lowest BCUT2D eigenvalue weighted by molar-refractivity contribution is 0.201. The number of nitrogens with zero attached hydrogens (tertiary/aromatic N) is 4. The molecule has 0 radical (unpaired) electrons. The fourth-order valence-corrected chi connectivity index (χ4v) is 5.33. The molecule has 1 fully saturated rings. The van der Waals surface area contributed by atoms with Crippen LogP contribution >= 0.6 is 27.7 Å². The van der Waals surface area contributed by atoms with Crippen LogP contribution in [0.25, 0.3) is 10.9 Å². The SMILES string of the molecule is CN1CCC2(CC1)N=C(SCCNc1cnc3ccccc3c1)C(c1ccc(Br)cc1)=N2. The Balaban J connectivity index is 1.28. The Morgan fingerprint density at radius 2 is 1.84 bits per heavy atom. The van der Waals surface area contributed by atoms with Crippen LogP contribution in [0.15, 0.2) is 75.3 Å². The number of halogens is 1. The lowest BCUT2D eigenvalue weighted by Crippen LogP contribution is -2.39. The van der Waals surface area contributed by atoms with Crippen molar-refractivity contribution in [1.82, 2.24) is 9.88 Å². The van der Waals surface area contributed by atoms with Crippen LogP contribution in [0.5, 0.6) is 0 Å². The Hall–Kier alpha value is -2.22. The summed E-state index contributed by atoms with van der Waals surface area (Å²) in [5, 5.41) is 5.73. The van der Waals surface area contributed by atoms with Gasteiger partial charge in [0.2, 0.25) is 0 Å². The number of rotatable bonds is 5. The minimum Gasteiger partial charge on any atom is -0.383 e. The fourth-order valence-electron chi connectivity index (χ4n) is 4.13. The molecule has 0 bridgehead atoms. The molecule has 1 saturated heterocycles. The molecular formula is C25H26BrN5S. The predicted octanol–water partition coefficient (Wildman–Crippen LogP) is 5.47. The number of hydrogen-bond acceptors (Lipinski definition) is 6. The van der Waals surface area contributed by atoms with Crippen LogP contribution in [0.3, 0.4) is 0 Å². The number of nitrogens with one attached hydrogen (secondary N) is 1. The maximum absolute atomic E-state index is 5.19. The first-order valence-electron chi connectivity index (χ1n) is 11.0. The molecule has 7 heteroatoms. The quantitative estimate of drug-likeness (QED) is 0.465. The van der Waals surface area contributed by atoms with Crippen LogP contribution in [0.1, 0.15) is 18.4 Å². The van der Waals surface area contributed by atoms with Gasteiger partial charge in [0.05, 0.1) is 23.1 Å². The summed E-state index contributed by atoms with van der Waals surface area (Å²) in [5.74, 6) is 0.914. The third-order valence-corrected chi connectivity index (χ3v) is 7.49. The third-order valence-electron chi connectivity index (χ3n) is 6.00. The average molecular weight is 508 g/mol. The Morgan fingerprint density at radius 1 is 1.06 bits per heavy atom. The second-order valence-corrected chi connectivity index (χ2v) is 10.4. The molecule has 3 aromatic rings. The second-order valence-electron chi connectivity index (χ2n) is 8.36. The number of likely N-dealkylation sites (tertiary alicyclic amines) is 1. The molecular weight excluding hydrogens is 482 g/mol. The van der Waals surface area contributed by atoms with E-state index in [9.17, 15) is 0 Å². The fraction of sp³-hybridized carbons (Fsp3) is 0.320. The molecule has 32 heavy (non-hydrogen) atoms. The number of thioether (sulfide) groups is 1. The van der Waals surface area contributed by atoms with Crippen LogP contribution in [0.2, 0.25) is 0 Å². The molecule has 0 aliphatic carbocycles. The number of anilines is 1. The molecule has 1 spiro atoms. The number of aliphatic imine (C=N–C) groups is 2. The number of hydrogen-bond donors (Lipinski definition) is 1. The van der Waals surface area contributed by atoms with E-state index >= 15 is 0 Å². The summed E-state index contributed by atoms with van der Waals surface area (Å²) < 4.78 is 1.08. The summed E-state index contributed by atoms with van der Waals surface area (Å²) in [5.41, 5.74) is 3.96. The Kier molecular flexibility index (Phi) is 6.31. The van der Waals surface area contributed by atoms with Crippen LogP contribution in [-0.2, 0) is 0 Å². The molecule has 2 aliphatic heterocycles. The smallest absolute Gasteiger partial charge is 0.154 e. The summed E-state index contributed by atoms with van der Waals surface area (Å²) in [4.78, 5) is 17.3. The van der Waals surface area contributed by atoms with E-state index < -0.39 is 0 Å². The van der Waals surface area contributed by atoms with Gasteiger partial charge in [-0.15, -0.1) is 11.8 Å². The number of para-hydroxylation sites is 1. The van der Waals surface area contributed by atoms with E-state index in [4.69, 9.17) is 9.98 Å². The first kappa shape index (κ1) is 21.6. The summed E-state index contributed by atoms with van der Waals surface area (Å²) in [6.07, 6.45) is 3.87. The highest BCUT2D eigenvalue weighted by Gasteiger charge is 2.38. The van der Waals surface area contributed by atoms with E-state index in [0.29, 0.717) is 0 Å². The molecule has 0 unspecified atom stereocenters. The van der Waals surface area contributed by atoms with Crippen molar-refractivity contribution in [3.05, 3.63) is 70.8 Å². The molecule has 0 saturated carbocycles. The van der Waals surface area contributed by atoms with Crippen LogP contribution < -0.4 is 5.32 Å². The lowest BCUT2D eigenvalue weighted by Gasteiger charge is -2.33. The van der Waals surface area contributed by atoms with E-state index in [2.05, 4.69) is 74.6 Å². The summed E-state index contributed by atoms with van der Waals surface area (Å²) in [6, 6.07) is 18.8. The largest absolute Gasteiger partial charge is 0.383 e. The Bertz CT molecular complexity index is 1170. The molecule has 3 heterocycles. The standard InChI is InChI=1S/C25H26BrN5S/c1-31-13-10-25(11-14-31)29-23(18-6-8-20(26)9-7-18)24(30-25)32-15-12-27-21-16-19-4-2-3-5-22(19)28-17-21/h2-9,16-17,27H,10-15H2,1H3. The molecule has 2 aromatic carbocycles. The zero-order valence-electron chi connectivity index (χ0n) is 18.1. The monoisotopic (exact) mass is 507 g/mol. The van der Waals surface area contributed by atoms with Crippen molar-refractivity contribution in [2.45, 2.75) is 18.5 Å². The van der Waals surface area contributed by atoms with Crippen molar-refractivity contribution in [3.63, 3.8) is 0 Å². The van der Waals surface area contributed by atoms with Gasteiger partial charge in [-0.3, -0.25) is 9.98 Å². The second kappa shape index (κ2) is 9.33. The summed E-state index contributed by atoms with van der Waals surface area (Å²) in [6.45, 7) is 2.91. The van der Waals surface area contributed by atoms with Gasteiger partial charge in [0.15, 0.2) is 5.66 Å². The normalized spacial score (nSPS) is 18.1. The molecule has 0 atom stereocenters. The summed E-state index contributed by atoms with van der Waals surface area (Å²) in [7, 11) is 2.17. The number of benzene rings is 2. The molecule has 0 amide bonds. The average Bonchev–Trinajstić information content (AvgIpc) is 3.17. The van der Waals surface area contributed by atoms with Gasteiger partial charge in [0.25, 0.3) is 0 Å². The van der Waals surface area contributed by atoms with Crippen molar-refractivity contribution in [2.24, 2.45) is 9.98 Å². The van der Waals surface area contributed by atoms with Gasteiger partial charge in [0.1, 0.15) is 5.04 Å². The maximum atomic E-state index is 5.19. The molecule has 5 nitrogen and oxygen atoms in total. The van der Waals surface area contributed by atoms with Gasteiger partial charge in [0, 0.05) is 53.7 Å². The Morgan fingerprint density at radius 3 is 2.66 bits per heavy atom. The van der Waals surface area contributed by atoms with E-state index in [1.54, 1.807) is 11.8 Å². The number of piperidine rings is 1.